The lowest BCUT2D eigenvalue weighted by molar-refractivity contribution is -0.111. The van der Waals surface area contributed by atoms with E-state index in [9.17, 15) is 4.79 Å². The lowest BCUT2D eigenvalue weighted by Gasteiger charge is -2.05. The van der Waals surface area contributed by atoms with Gasteiger partial charge in [0.15, 0.2) is 0 Å². The van der Waals surface area contributed by atoms with Crippen molar-refractivity contribution in [2.24, 2.45) is 0 Å². The van der Waals surface area contributed by atoms with Gasteiger partial charge in [-0.25, -0.2) is 4.98 Å². The largest absolute Gasteiger partial charge is 0.497 e. The molecule has 0 saturated carbocycles. The summed E-state index contributed by atoms with van der Waals surface area (Å²) >= 11 is 1.49. The van der Waals surface area contributed by atoms with E-state index in [1.54, 1.807) is 17.9 Å². The third-order valence-corrected chi connectivity index (χ3v) is 5.87. The van der Waals surface area contributed by atoms with E-state index in [-0.39, 0.29) is 5.91 Å². The Hall–Kier alpha value is -3.45. The number of fused-ring (bicyclic) bond motifs is 1. The summed E-state index contributed by atoms with van der Waals surface area (Å²) in [5, 5.41) is 8.10. The summed E-state index contributed by atoms with van der Waals surface area (Å²) < 4.78 is 7.94. The molecule has 0 aliphatic rings. The highest BCUT2D eigenvalue weighted by Crippen LogP contribution is 2.30. The van der Waals surface area contributed by atoms with Gasteiger partial charge in [0.05, 0.1) is 23.0 Å². The highest BCUT2D eigenvalue weighted by molar-refractivity contribution is 7.20. The second-order valence-corrected chi connectivity index (χ2v) is 8.57. The molecule has 2 heterocycles. The molecule has 2 aromatic heterocycles. The fraction of sp³-hybridized carbons (Fsp3) is 0.208. The third-order valence-electron chi connectivity index (χ3n) is 4.88. The van der Waals surface area contributed by atoms with Crippen molar-refractivity contribution in [2.45, 2.75) is 26.7 Å². The van der Waals surface area contributed by atoms with Crippen LogP contribution in [-0.4, -0.2) is 27.8 Å². The van der Waals surface area contributed by atoms with Crippen molar-refractivity contribution in [2.75, 3.05) is 12.4 Å². The van der Waals surface area contributed by atoms with E-state index in [1.807, 2.05) is 43.3 Å². The summed E-state index contributed by atoms with van der Waals surface area (Å²) in [7, 11) is 1.64. The van der Waals surface area contributed by atoms with Crippen LogP contribution < -0.4 is 10.1 Å². The van der Waals surface area contributed by atoms with Crippen molar-refractivity contribution < 1.29 is 9.53 Å². The van der Waals surface area contributed by atoms with Crippen molar-refractivity contribution in [3.8, 4) is 10.9 Å². The van der Waals surface area contributed by atoms with Crippen LogP contribution in [0.5, 0.6) is 5.75 Å². The van der Waals surface area contributed by atoms with E-state index in [0.717, 1.165) is 27.2 Å². The Morgan fingerprint density at radius 3 is 2.65 bits per heavy atom. The number of hydrogen-bond donors (Lipinski definition) is 1. The minimum absolute atomic E-state index is 0.225. The summed E-state index contributed by atoms with van der Waals surface area (Å²) in [6, 6.07) is 15.8. The quantitative estimate of drug-likeness (QED) is 0.404. The normalized spacial score (nSPS) is 11.5. The number of aromatic nitrogens is 3. The van der Waals surface area contributed by atoms with E-state index in [1.165, 1.54) is 23.0 Å². The number of thiazole rings is 1. The molecule has 0 atom stereocenters. The summed E-state index contributed by atoms with van der Waals surface area (Å²) in [5.41, 5.74) is 3.90. The molecule has 0 bridgehead atoms. The van der Waals surface area contributed by atoms with E-state index in [0.29, 0.717) is 16.9 Å². The molecule has 0 saturated heterocycles. The van der Waals surface area contributed by atoms with Crippen LogP contribution in [0.2, 0.25) is 0 Å². The Bertz CT molecular complexity index is 1250. The molecule has 1 amide bonds. The predicted molar refractivity (Wildman–Crippen MR) is 126 cm³/mol. The molecule has 0 radical (unpaired) electrons. The van der Waals surface area contributed by atoms with E-state index >= 15 is 0 Å². The molecule has 4 aromatic rings. The first-order chi connectivity index (χ1) is 14.9. The average molecular weight is 433 g/mol. The van der Waals surface area contributed by atoms with Crippen LogP contribution in [0.3, 0.4) is 0 Å². The number of nitrogens with one attached hydrogen (secondary N) is 1. The lowest BCUT2D eigenvalue weighted by Crippen LogP contribution is -2.12. The van der Waals surface area contributed by atoms with Gasteiger partial charge in [0.2, 0.25) is 11.0 Å². The Morgan fingerprint density at radius 2 is 1.94 bits per heavy atom. The van der Waals surface area contributed by atoms with Crippen molar-refractivity contribution in [3.63, 3.8) is 0 Å². The number of rotatable bonds is 6. The first-order valence-electron chi connectivity index (χ1n) is 10.0. The van der Waals surface area contributed by atoms with E-state index in [2.05, 4.69) is 41.4 Å². The van der Waals surface area contributed by atoms with Gasteiger partial charge in [-0.15, -0.1) is 0 Å². The molecule has 158 valence electrons. The molecule has 0 aliphatic carbocycles. The topological polar surface area (TPSA) is 69.0 Å². The lowest BCUT2D eigenvalue weighted by atomic mass is 10.0. The highest BCUT2D eigenvalue weighted by atomic mass is 32.1. The molecule has 0 unspecified atom stereocenters. The third kappa shape index (κ3) is 4.67. The Labute approximate surface area is 185 Å². The maximum absolute atomic E-state index is 12.5. The molecule has 1 N–H and O–H groups in total. The minimum atomic E-state index is -0.225. The highest BCUT2D eigenvalue weighted by Gasteiger charge is 2.14. The molecule has 0 fully saturated rings. The number of benzene rings is 2. The Balaban J connectivity index is 1.54. The minimum Gasteiger partial charge on any atom is -0.497 e. The van der Waals surface area contributed by atoms with Crippen molar-refractivity contribution in [1.29, 1.82) is 0 Å². The predicted octanol–water partition coefficient (Wildman–Crippen LogP) is 5.57. The fourth-order valence-corrected chi connectivity index (χ4v) is 4.14. The van der Waals surface area contributed by atoms with Crippen molar-refractivity contribution >= 4 is 39.4 Å². The number of methoxy groups -OCH3 is 1. The zero-order chi connectivity index (χ0) is 22.0. The number of aryl methyl sites for hydroxylation is 1. The molecule has 4 rings (SSSR count). The number of hydrogen-bond acceptors (Lipinski definition) is 5. The number of anilines is 1. The molecule has 7 heteroatoms. The molecule has 31 heavy (non-hydrogen) atoms. The Kier molecular flexibility index (Phi) is 5.86. The zero-order valence-electron chi connectivity index (χ0n) is 17.9. The summed E-state index contributed by atoms with van der Waals surface area (Å²) in [5.74, 6) is 1.61. The van der Waals surface area contributed by atoms with Crippen molar-refractivity contribution in [1.82, 2.24) is 14.8 Å². The zero-order valence-corrected chi connectivity index (χ0v) is 18.7. The first kappa shape index (κ1) is 20.8. The molecular formula is C24H24N4O2S. The summed E-state index contributed by atoms with van der Waals surface area (Å²) in [6.45, 7) is 6.20. The van der Waals surface area contributed by atoms with E-state index < -0.39 is 0 Å². The van der Waals surface area contributed by atoms with Gasteiger partial charge in [0.25, 0.3) is 0 Å². The van der Waals surface area contributed by atoms with Gasteiger partial charge in [-0.3, -0.25) is 4.79 Å². The van der Waals surface area contributed by atoms with Crippen LogP contribution in [0.15, 0.2) is 54.6 Å². The SMILES string of the molecule is COc1ccc2nc(-n3nc(C)cc3NC(=O)/C=C/c3ccc(C(C)C)cc3)sc2c1. The molecular weight excluding hydrogens is 408 g/mol. The van der Waals surface area contributed by atoms with Crippen LogP contribution >= 0.6 is 11.3 Å². The van der Waals surface area contributed by atoms with Gasteiger partial charge in [-0.05, 0) is 48.2 Å². The smallest absolute Gasteiger partial charge is 0.249 e. The van der Waals surface area contributed by atoms with Crippen LogP contribution in [0.25, 0.3) is 21.4 Å². The first-order valence-corrected chi connectivity index (χ1v) is 10.9. The monoisotopic (exact) mass is 432 g/mol. The molecule has 6 nitrogen and oxygen atoms in total. The van der Waals surface area contributed by atoms with Crippen LogP contribution in [0.1, 0.15) is 36.6 Å². The maximum Gasteiger partial charge on any atom is 0.249 e. The fourth-order valence-electron chi connectivity index (χ4n) is 3.18. The summed E-state index contributed by atoms with van der Waals surface area (Å²) in [6.07, 6.45) is 3.33. The number of carbonyl (C=O) groups is 1. The van der Waals surface area contributed by atoms with Crippen LogP contribution in [0.4, 0.5) is 5.82 Å². The van der Waals surface area contributed by atoms with Crippen LogP contribution in [0, 0.1) is 6.92 Å². The number of ether oxygens (including phenoxy) is 1. The summed E-state index contributed by atoms with van der Waals surface area (Å²) in [4.78, 5) is 17.2. The standard InChI is InChI=1S/C24H24N4O2S/c1-15(2)18-8-5-17(6-9-18)7-12-23(29)26-22-13-16(3)27-28(22)24-25-20-11-10-19(30-4)14-21(20)31-24/h5-15H,1-4H3,(H,26,29)/b12-7+. The van der Waals surface area contributed by atoms with Gasteiger partial charge >= 0.3 is 0 Å². The van der Waals surface area contributed by atoms with Crippen LogP contribution in [-0.2, 0) is 4.79 Å². The molecule has 0 aliphatic heterocycles. The van der Waals surface area contributed by atoms with Crippen molar-refractivity contribution in [3.05, 3.63) is 71.4 Å². The Morgan fingerprint density at radius 1 is 1.16 bits per heavy atom. The maximum atomic E-state index is 12.5. The van der Waals surface area contributed by atoms with Gasteiger partial charge in [0, 0.05) is 12.1 Å². The van der Waals surface area contributed by atoms with Gasteiger partial charge < -0.3 is 10.1 Å². The number of carbonyl (C=O) groups excluding carboxylic acids is 1. The second-order valence-electron chi connectivity index (χ2n) is 7.56. The second kappa shape index (κ2) is 8.73. The van der Waals surface area contributed by atoms with E-state index in [4.69, 9.17) is 4.74 Å². The van der Waals surface area contributed by atoms with Gasteiger partial charge in [0.1, 0.15) is 11.6 Å². The van der Waals surface area contributed by atoms with Gasteiger partial charge in [-0.1, -0.05) is 49.4 Å². The number of amides is 1. The van der Waals surface area contributed by atoms with Gasteiger partial charge in [-0.2, -0.15) is 9.78 Å². The molecule has 2 aromatic carbocycles. The average Bonchev–Trinajstić information content (AvgIpc) is 3.34. The molecule has 0 spiro atoms. The number of nitrogens with zero attached hydrogens (tertiary/aromatic N) is 3.